The van der Waals surface area contributed by atoms with E-state index >= 15 is 0 Å². The maximum atomic E-state index is 12.4. The highest BCUT2D eigenvalue weighted by atomic mass is 16.5. The molecular weight excluding hydrogens is 326 g/mol. The van der Waals surface area contributed by atoms with Gasteiger partial charge in [-0.15, -0.1) is 0 Å². The van der Waals surface area contributed by atoms with Crippen LogP contribution in [-0.4, -0.2) is 53.9 Å². The average Bonchev–Trinajstić information content (AvgIpc) is 2.87. The summed E-state index contributed by atoms with van der Waals surface area (Å²) in [7, 11) is 0. The molecule has 1 aromatic rings. The van der Waals surface area contributed by atoms with E-state index in [0.29, 0.717) is 6.54 Å². The van der Waals surface area contributed by atoms with Crippen LogP contribution in [0.3, 0.4) is 0 Å². The van der Waals surface area contributed by atoms with Gasteiger partial charge in [0.05, 0.1) is 11.1 Å². The Morgan fingerprint density at radius 3 is 2.56 bits per heavy atom. The molecule has 1 aliphatic heterocycles. The molecule has 2 atom stereocenters. The Bertz CT molecular complexity index is 697. The van der Waals surface area contributed by atoms with E-state index in [1.165, 1.54) is 26.0 Å². The molecule has 1 aromatic carbocycles. The molecule has 7 nitrogen and oxygen atoms in total. The Labute approximate surface area is 146 Å². The van der Waals surface area contributed by atoms with Crippen LogP contribution in [0.25, 0.3) is 0 Å². The highest BCUT2D eigenvalue weighted by molar-refractivity contribution is 6.21. The Hall–Kier alpha value is -2.25. The SMILES string of the molecule is CC(=O)c1c(OCC(O)CNC(C)C)ccc2c1C(=O)C(C(C)=O)O2. The lowest BCUT2D eigenvalue weighted by Crippen LogP contribution is -2.35. The Kier molecular flexibility index (Phi) is 5.92. The molecule has 0 saturated heterocycles. The van der Waals surface area contributed by atoms with Crippen molar-refractivity contribution < 1.29 is 29.0 Å². The first-order valence-electron chi connectivity index (χ1n) is 8.15. The highest BCUT2D eigenvalue weighted by Crippen LogP contribution is 2.37. The highest BCUT2D eigenvalue weighted by Gasteiger charge is 2.39. The molecule has 0 amide bonds. The summed E-state index contributed by atoms with van der Waals surface area (Å²) >= 11 is 0. The van der Waals surface area contributed by atoms with Crippen molar-refractivity contribution in [3.05, 3.63) is 23.3 Å². The van der Waals surface area contributed by atoms with Crippen LogP contribution < -0.4 is 14.8 Å². The van der Waals surface area contributed by atoms with Crippen LogP contribution in [0.1, 0.15) is 48.4 Å². The van der Waals surface area contributed by atoms with E-state index in [9.17, 15) is 19.5 Å². The molecule has 7 heteroatoms. The van der Waals surface area contributed by atoms with Crippen LogP contribution in [0, 0.1) is 0 Å². The lowest BCUT2D eigenvalue weighted by Gasteiger charge is -2.17. The number of Topliss-reactive ketones (excluding diaryl/α,β-unsaturated/α-hetero) is 3. The number of rotatable bonds is 8. The maximum absolute atomic E-state index is 12.4. The number of carbonyl (C=O) groups excluding carboxylic acids is 3. The monoisotopic (exact) mass is 349 g/mol. The largest absolute Gasteiger partial charge is 0.490 e. The van der Waals surface area contributed by atoms with Crippen molar-refractivity contribution in [3.8, 4) is 11.5 Å². The summed E-state index contributed by atoms with van der Waals surface area (Å²) < 4.78 is 10.9. The van der Waals surface area contributed by atoms with Crippen LogP contribution in [0.4, 0.5) is 0 Å². The molecule has 0 aliphatic carbocycles. The summed E-state index contributed by atoms with van der Waals surface area (Å²) in [6.07, 6.45) is -1.99. The van der Waals surface area contributed by atoms with Crippen molar-refractivity contribution in [2.75, 3.05) is 13.2 Å². The van der Waals surface area contributed by atoms with Gasteiger partial charge in [-0.2, -0.15) is 0 Å². The molecule has 25 heavy (non-hydrogen) atoms. The normalized spacial score (nSPS) is 17.2. The van der Waals surface area contributed by atoms with Gasteiger partial charge >= 0.3 is 0 Å². The fraction of sp³-hybridized carbons (Fsp3) is 0.500. The zero-order valence-corrected chi connectivity index (χ0v) is 14.8. The lowest BCUT2D eigenvalue weighted by molar-refractivity contribution is -0.121. The molecule has 1 aliphatic rings. The second-order valence-electron chi connectivity index (χ2n) is 6.37. The summed E-state index contributed by atoms with van der Waals surface area (Å²) in [6, 6.07) is 3.23. The Balaban J connectivity index is 2.23. The Morgan fingerprint density at radius 1 is 1.32 bits per heavy atom. The molecule has 2 N–H and O–H groups in total. The topological polar surface area (TPSA) is 102 Å². The fourth-order valence-electron chi connectivity index (χ4n) is 2.57. The summed E-state index contributed by atoms with van der Waals surface area (Å²) in [5, 5.41) is 13.0. The minimum atomic E-state index is -1.22. The van der Waals surface area contributed by atoms with E-state index in [-0.39, 0.29) is 41.1 Å². The molecule has 0 fully saturated rings. The van der Waals surface area contributed by atoms with Gasteiger partial charge in [0.2, 0.25) is 11.9 Å². The van der Waals surface area contributed by atoms with E-state index in [1.807, 2.05) is 13.8 Å². The maximum Gasteiger partial charge on any atom is 0.219 e. The average molecular weight is 349 g/mol. The number of benzene rings is 1. The van der Waals surface area contributed by atoms with Gasteiger partial charge in [-0.05, 0) is 26.0 Å². The van der Waals surface area contributed by atoms with Gasteiger partial charge in [0.15, 0.2) is 11.6 Å². The van der Waals surface area contributed by atoms with Gasteiger partial charge in [0.1, 0.15) is 24.2 Å². The molecule has 1 heterocycles. The third-order valence-corrected chi connectivity index (χ3v) is 3.77. The van der Waals surface area contributed by atoms with Crippen molar-refractivity contribution in [1.29, 1.82) is 0 Å². The van der Waals surface area contributed by atoms with E-state index in [2.05, 4.69) is 5.32 Å². The number of aliphatic hydroxyl groups is 1. The van der Waals surface area contributed by atoms with E-state index < -0.39 is 23.8 Å². The summed E-state index contributed by atoms with van der Waals surface area (Å²) in [5.41, 5.74) is 0.148. The second-order valence-corrected chi connectivity index (χ2v) is 6.37. The summed E-state index contributed by atoms with van der Waals surface area (Å²) in [5.74, 6) is -0.947. The first-order valence-corrected chi connectivity index (χ1v) is 8.15. The van der Waals surface area contributed by atoms with Crippen LogP contribution in [-0.2, 0) is 4.79 Å². The van der Waals surface area contributed by atoms with E-state index in [4.69, 9.17) is 9.47 Å². The van der Waals surface area contributed by atoms with Crippen molar-refractivity contribution in [2.45, 2.75) is 45.9 Å². The van der Waals surface area contributed by atoms with Gasteiger partial charge in [-0.25, -0.2) is 0 Å². The molecule has 0 radical (unpaired) electrons. The number of aliphatic hydroxyl groups excluding tert-OH is 1. The summed E-state index contributed by atoms with van der Waals surface area (Å²) in [6.45, 7) is 6.79. The van der Waals surface area contributed by atoms with Gasteiger partial charge in [-0.1, -0.05) is 13.8 Å². The predicted molar refractivity (Wildman–Crippen MR) is 90.5 cm³/mol. The number of hydrogen-bond donors (Lipinski definition) is 2. The third-order valence-electron chi connectivity index (χ3n) is 3.77. The molecule has 0 saturated carbocycles. The van der Waals surface area contributed by atoms with Crippen LogP contribution >= 0.6 is 0 Å². The number of hydrogen-bond acceptors (Lipinski definition) is 7. The molecule has 0 aromatic heterocycles. The number of carbonyl (C=O) groups is 3. The number of nitrogens with one attached hydrogen (secondary N) is 1. The number of ether oxygens (including phenoxy) is 2. The van der Waals surface area contributed by atoms with Crippen molar-refractivity contribution in [3.63, 3.8) is 0 Å². The molecule has 2 unspecified atom stereocenters. The lowest BCUT2D eigenvalue weighted by atomic mass is 9.97. The van der Waals surface area contributed by atoms with Gasteiger partial charge in [-0.3, -0.25) is 14.4 Å². The third kappa shape index (κ3) is 4.24. The molecule has 0 spiro atoms. The van der Waals surface area contributed by atoms with E-state index in [1.54, 1.807) is 0 Å². The fourth-order valence-corrected chi connectivity index (χ4v) is 2.57. The van der Waals surface area contributed by atoms with Crippen molar-refractivity contribution in [2.24, 2.45) is 0 Å². The number of fused-ring (bicyclic) bond motifs is 1. The zero-order chi connectivity index (χ0) is 18.7. The standard InChI is InChI=1S/C18H23NO6/c1-9(2)19-7-12(22)8-24-13-5-6-14-16(15(13)10(3)20)17(23)18(25-14)11(4)21/h5-6,9,12,18-19,22H,7-8H2,1-4H3. The smallest absolute Gasteiger partial charge is 0.219 e. The summed E-state index contributed by atoms with van der Waals surface area (Å²) in [4.78, 5) is 36.0. The van der Waals surface area contributed by atoms with Gasteiger partial charge in [0, 0.05) is 12.6 Å². The van der Waals surface area contributed by atoms with Crippen molar-refractivity contribution >= 4 is 17.3 Å². The predicted octanol–water partition coefficient (Wildman–Crippen LogP) is 1.16. The zero-order valence-electron chi connectivity index (χ0n) is 14.8. The molecule has 2 rings (SSSR count). The molecule has 0 bridgehead atoms. The van der Waals surface area contributed by atoms with Gasteiger partial charge in [0.25, 0.3) is 0 Å². The first-order chi connectivity index (χ1) is 11.7. The molecular formula is C18H23NO6. The van der Waals surface area contributed by atoms with E-state index in [0.717, 1.165) is 0 Å². The van der Waals surface area contributed by atoms with Crippen LogP contribution in [0.2, 0.25) is 0 Å². The van der Waals surface area contributed by atoms with Crippen LogP contribution in [0.5, 0.6) is 11.5 Å². The van der Waals surface area contributed by atoms with Crippen molar-refractivity contribution in [1.82, 2.24) is 5.32 Å². The van der Waals surface area contributed by atoms with Gasteiger partial charge < -0.3 is 19.9 Å². The Morgan fingerprint density at radius 2 is 2.00 bits per heavy atom. The number of ketones is 3. The second kappa shape index (κ2) is 7.76. The minimum Gasteiger partial charge on any atom is -0.490 e. The first kappa shape index (κ1) is 19.1. The quantitative estimate of drug-likeness (QED) is 0.536. The molecule has 136 valence electrons. The minimum absolute atomic E-state index is 0.0377. The van der Waals surface area contributed by atoms with Crippen LogP contribution in [0.15, 0.2) is 12.1 Å².